The molecule has 1 aliphatic carbocycles. The maximum atomic E-state index is 3.92. The van der Waals surface area contributed by atoms with Crippen LogP contribution in [0, 0.1) is 23.7 Å². The van der Waals surface area contributed by atoms with Crippen molar-refractivity contribution in [2.75, 3.05) is 13.1 Å². The lowest BCUT2D eigenvalue weighted by Crippen LogP contribution is -2.34. The largest absolute Gasteiger partial charge is 0.317 e. The Hall–Kier alpha value is -0.300. The zero-order valence-electron chi connectivity index (χ0n) is 11.3. The molecule has 3 atom stereocenters. The molecule has 3 unspecified atom stereocenters. The zero-order chi connectivity index (χ0) is 12.0. The van der Waals surface area contributed by atoms with Crippen molar-refractivity contribution in [3.63, 3.8) is 0 Å². The summed E-state index contributed by atoms with van der Waals surface area (Å²) in [5, 5.41) is 3.52. The summed E-state index contributed by atoms with van der Waals surface area (Å²) in [6, 6.07) is 0. The van der Waals surface area contributed by atoms with Gasteiger partial charge in [0.25, 0.3) is 0 Å². The fourth-order valence-electron chi connectivity index (χ4n) is 3.07. The van der Waals surface area contributed by atoms with E-state index in [1.807, 2.05) is 0 Å². The fourth-order valence-corrected chi connectivity index (χ4v) is 3.07. The summed E-state index contributed by atoms with van der Waals surface area (Å²) in [6.45, 7) is 13.2. The van der Waals surface area contributed by atoms with Crippen LogP contribution in [0.15, 0.2) is 12.7 Å². The van der Waals surface area contributed by atoms with Crippen LogP contribution in [0.2, 0.25) is 0 Å². The van der Waals surface area contributed by atoms with E-state index >= 15 is 0 Å². The van der Waals surface area contributed by atoms with Gasteiger partial charge in [-0.1, -0.05) is 26.8 Å². The van der Waals surface area contributed by atoms with Gasteiger partial charge in [-0.25, -0.2) is 0 Å². The third-order valence-corrected chi connectivity index (χ3v) is 4.25. The number of allylic oxidation sites excluding steroid dienone is 1. The predicted molar refractivity (Wildman–Crippen MR) is 72.5 cm³/mol. The maximum Gasteiger partial charge on any atom is -0.00179 e. The molecule has 1 saturated carbocycles. The minimum atomic E-state index is 0.854. The van der Waals surface area contributed by atoms with E-state index in [-0.39, 0.29) is 0 Å². The van der Waals surface area contributed by atoms with Crippen molar-refractivity contribution in [1.82, 2.24) is 5.32 Å². The number of rotatable bonds is 6. The first-order chi connectivity index (χ1) is 7.69. The van der Waals surface area contributed by atoms with E-state index in [4.69, 9.17) is 0 Å². The van der Waals surface area contributed by atoms with E-state index in [2.05, 4.69) is 38.7 Å². The van der Waals surface area contributed by atoms with Gasteiger partial charge in [0, 0.05) is 0 Å². The van der Waals surface area contributed by atoms with Crippen LogP contribution in [-0.2, 0) is 0 Å². The van der Waals surface area contributed by atoms with Gasteiger partial charge in [-0.15, -0.1) is 6.58 Å². The third-order valence-electron chi connectivity index (χ3n) is 4.25. The molecule has 1 nitrogen and oxygen atoms in total. The Bertz CT molecular complexity index is 198. The molecule has 1 rings (SSSR count). The fraction of sp³-hybridized carbons (Fsp3) is 0.867. The molecule has 0 saturated heterocycles. The molecule has 16 heavy (non-hydrogen) atoms. The molecule has 0 amide bonds. The van der Waals surface area contributed by atoms with Crippen molar-refractivity contribution >= 4 is 0 Å². The maximum absolute atomic E-state index is 3.92. The number of hydrogen-bond acceptors (Lipinski definition) is 1. The zero-order valence-corrected chi connectivity index (χ0v) is 11.3. The van der Waals surface area contributed by atoms with Crippen LogP contribution >= 0.6 is 0 Å². The quantitative estimate of drug-likeness (QED) is 0.674. The molecule has 0 aromatic heterocycles. The molecule has 0 radical (unpaired) electrons. The van der Waals surface area contributed by atoms with Gasteiger partial charge in [0.2, 0.25) is 0 Å². The van der Waals surface area contributed by atoms with Gasteiger partial charge in [0.05, 0.1) is 0 Å². The van der Waals surface area contributed by atoms with E-state index in [0.29, 0.717) is 0 Å². The van der Waals surface area contributed by atoms with Gasteiger partial charge >= 0.3 is 0 Å². The van der Waals surface area contributed by atoms with Crippen LogP contribution in [0.1, 0.15) is 46.5 Å². The molecular formula is C15H29N. The third kappa shape index (κ3) is 3.93. The second-order valence-corrected chi connectivity index (χ2v) is 5.67. The Labute approximate surface area is 102 Å². The standard InChI is InChI=1S/C15H29N/c1-5-7-14-10-13(12(3)4)8-9-15(14)11-16-6-2/h5,12-16H,1,6-11H2,2-4H3. The summed E-state index contributed by atoms with van der Waals surface area (Å²) in [6.07, 6.45) is 7.58. The van der Waals surface area contributed by atoms with Gasteiger partial charge < -0.3 is 5.32 Å². The minimum absolute atomic E-state index is 0.854. The highest BCUT2D eigenvalue weighted by Crippen LogP contribution is 2.38. The van der Waals surface area contributed by atoms with E-state index in [9.17, 15) is 0 Å². The van der Waals surface area contributed by atoms with Crippen molar-refractivity contribution in [2.24, 2.45) is 23.7 Å². The molecule has 0 aliphatic heterocycles. The van der Waals surface area contributed by atoms with Crippen molar-refractivity contribution in [2.45, 2.75) is 46.5 Å². The van der Waals surface area contributed by atoms with Crippen LogP contribution in [0.25, 0.3) is 0 Å². The highest BCUT2D eigenvalue weighted by Gasteiger charge is 2.30. The summed E-state index contributed by atoms with van der Waals surface area (Å²) < 4.78 is 0. The topological polar surface area (TPSA) is 12.0 Å². The molecule has 1 fully saturated rings. The van der Waals surface area contributed by atoms with Crippen molar-refractivity contribution in [3.05, 3.63) is 12.7 Å². The first-order valence-electron chi connectivity index (χ1n) is 7.00. The van der Waals surface area contributed by atoms with Gasteiger partial charge in [0.1, 0.15) is 0 Å². The van der Waals surface area contributed by atoms with Crippen LogP contribution in [0.4, 0.5) is 0 Å². The Balaban J connectivity index is 2.48. The van der Waals surface area contributed by atoms with Crippen LogP contribution in [0.5, 0.6) is 0 Å². The molecular weight excluding hydrogens is 194 g/mol. The van der Waals surface area contributed by atoms with E-state index in [1.54, 1.807) is 0 Å². The highest BCUT2D eigenvalue weighted by atomic mass is 14.8. The van der Waals surface area contributed by atoms with E-state index in [0.717, 1.165) is 30.2 Å². The lowest BCUT2D eigenvalue weighted by molar-refractivity contribution is 0.147. The van der Waals surface area contributed by atoms with E-state index in [1.165, 1.54) is 32.2 Å². The smallest absolute Gasteiger partial charge is 0.00179 e. The molecule has 0 heterocycles. The second-order valence-electron chi connectivity index (χ2n) is 5.67. The molecule has 94 valence electrons. The highest BCUT2D eigenvalue weighted by molar-refractivity contribution is 4.86. The van der Waals surface area contributed by atoms with Crippen LogP contribution in [-0.4, -0.2) is 13.1 Å². The van der Waals surface area contributed by atoms with Crippen molar-refractivity contribution in [3.8, 4) is 0 Å². The molecule has 0 aromatic carbocycles. The number of hydrogen-bond donors (Lipinski definition) is 1. The van der Waals surface area contributed by atoms with Gasteiger partial charge in [-0.2, -0.15) is 0 Å². The molecule has 0 spiro atoms. The molecule has 1 heteroatoms. The van der Waals surface area contributed by atoms with Gasteiger partial charge in [-0.05, 0) is 62.4 Å². The Morgan fingerprint density at radius 3 is 2.62 bits per heavy atom. The molecule has 1 aliphatic rings. The average molecular weight is 223 g/mol. The Morgan fingerprint density at radius 1 is 1.31 bits per heavy atom. The summed E-state index contributed by atoms with van der Waals surface area (Å²) in [4.78, 5) is 0. The average Bonchev–Trinajstić information content (AvgIpc) is 2.27. The lowest BCUT2D eigenvalue weighted by Gasteiger charge is -2.37. The van der Waals surface area contributed by atoms with Crippen molar-refractivity contribution < 1.29 is 0 Å². The normalized spacial score (nSPS) is 30.6. The number of nitrogens with one attached hydrogen (secondary N) is 1. The van der Waals surface area contributed by atoms with Crippen LogP contribution < -0.4 is 5.32 Å². The summed E-state index contributed by atoms with van der Waals surface area (Å²) in [5.74, 6) is 3.56. The summed E-state index contributed by atoms with van der Waals surface area (Å²) in [7, 11) is 0. The monoisotopic (exact) mass is 223 g/mol. The van der Waals surface area contributed by atoms with Crippen molar-refractivity contribution in [1.29, 1.82) is 0 Å². The summed E-state index contributed by atoms with van der Waals surface area (Å²) >= 11 is 0. The van der Waals surface area contributed by atoms with Crippen LogP contribution in [0.3, 0.4) is 0 Å². The van der Waals surface area contributed by atoms with Gasteiger partial charge in [0.15, 0.2) is 0 Å². The molecule has 1 N–H and O–H groups in total. The van der Waals surface area contributed by atoms with Gasteiger partial charge in [-0.3, -0.25) is 0 Å². The lowest BCUT2D eigenvalue weighted by atomic mass is 9.69. The predicted octanol–water partition coefficient (Wildman–Crippen LogP) is 3.86. The van der Waals surface area contributed by atoms with E-state index < -0.39 is 0 Å². The molecule has 0 bridgehead atoms. The minimum Gasteiger partial charge on any atom is -0.317 e. The Morgan fingerprint density at radius 2 is 2.06 bits per heavy atom. The SMILES string of the molecule is C=CCC1CC(C(C)C)CCC1CNCC. The summed E-state index contributed by atoms with van der Waals surface area (Å²) in [5.41, 5.74) is 0. The Kier molecular flexibility index (Phi) is 6.12. The molecule has 0 aromatic rings. The first kappa shape index (κ1) is 13.8. The second kappa shape index (κ2) is 7.11. The first-order valence-corrected chi connectivity index (χ1v) is 7.00.